The summed E-state index contributed by atoms with van der Waals surface area (Å²) in [4.78, 5) is 7.34. The van der Waals surface area contributed by atoms with Crippen LogP contribution in [0.15, 0.2) is 4.99 Å². The van der Waals surface area contributed by atoms with Crippen LogP contribution < -0.4 is 5.32 Å². The van der Waals surface area contributed by atoms with Crippen molar-refractivity contribution in [3.63, 3.8) is 0 Å². The Hall–Kier alpha value is -0.0900. The lowest BCUT2D eigenvalue weighted by molar-refractivity contribution is 0.0191. The zero-order valence-corrected chi connectivity index (χ0v) is 20.0. The number of fused-ring (bicyclic) bond motifs is 1. The maximum Gasteiger partial charge on any atom is 0.194 e. The molecule has 0 aromatic rings. The molecule has 3 saturated heterocycles. The Labute approximate surface area is 187 Å². The number of likely N-dealkylation sites (tertiary alicyclic amines) is 1. The lowest BCUT2D eigenvalue weighted by atomic mass is 9.82. The van der Waals surface area contributed by atoms with Gasteiger partial charge in [-0.1, -0.05) is 12.8 Å². The van der Waals surface area contributed by atoms with Crippen LogP contribution in [0.2, 0.25) is 0 Å². The zero-order valence-electron chi connectivity index (χ0n) is 16.9. The molecule has 0 amide bonds. The molecule has 1 aliphatic carbocycles. The molecule has 8 heteroatoms. The fraction of sp³-hybridized carbons (Fsp3) is 0.950. The number of sulfone groups is 1. The summed E-state index contributed by atoms with van der Waals surface area (Å²) < 4.78 is 29.4. The van der Waals surface area contributed by atoms with Gasteiger partial charge in [0.1, 0.15) is 0 Å². The van der Waals surface area contributed by atoms with Crippen molar-refractivity contribution < 1.29 is 13.2 Å². The van der Waals surface area contributed by atoms with Crippen LogP contribution in [0.25, 0.3) is 0 Å². The first-order chi connectivity index (χ1) is 13.1. The molecule has 3 aliphatic heterocycles. The predicted octanol–water partition coefficient (Wildman–Crippen LogP) is 2.68. The van der Waals surface area contributed by atoms with E-state index >= 15 is 0 Å². The minimum atomic E-state index is -2.83. The third-order valence-electron chi connectivity index (χ3n) is 6.86. The van der Waals surface area contributed by atoms with E-state index in [-0.39, 0.29) is 36.0 Å². The van der Waals surface area contributed by atoms with Gasteiger partial charge in [0.25, 0.3) is 0 Å². The quantitative estimate of drug-likeness (QED) is 0.347. The Morgan fingerprint density at radius 3 is 2.36 bits per heavy atom. The van der Waals surface area contributed by atoms with Crippen molar-refractivity contribution in [2.24, 2.45) is 22.7 Å². The van der Waals surface area contributed by atoms with Crippen LogP contribution in [0.3, 0.4) is 0 Å². The van der Waals surface area contributed by atoms with E-state index in [0.717, 1.165) is 56.9 Å². The molecule has 6 nitrogen and oxygen atoms in total. The number of halogens is 1. The van der Waals surface area contributed by atoms with Gasteiger partial charge in [-0.05, 0) is 56.3 Å². The number of hydrogen-bond acceptors (Lipinski definition) is 4. The first kappa shape index (κ1) is 22.6. The molecule has 4 aliphatic rings. The number of nitrogens with zero attached hydrogens (tertiary/aromatic N) is 2. The van der Waals surface area contributed by atoms with Crippen LogP contribution >= 0.6 is 24.0 Å². The average Bonchev–Trinajstić information content (AvgIpc) is 3.25. The van der Waals surface area contributed by atoms with Crippen molar-refractivity contribution in [3.8, 4) is 0 Å². The molecule has 0 aromatic heterocycles. The Morgan fingerprint density at radius 1 is 1.04 bits per heavy atom. The van der Waals surface area contributed by atoms with Gasteiger partial charge in [0, 0.05) is 32.8 Å². The molecule has 4 fully saturated rings. The topological polar surface area (TPSA) is 71.0 Å². The highest BCUT2D eigenvalue weighted by molar-refractivity contribution is 14.0. The van der Waals surface area contributed by atoms with E-state index in [2.05, 4.69) is 10.2 Å². The zero-order chi connectivity index (χ0) is 18.7. The van der Waals surface area contributed by atoms with Crippen molar-refractivity contribution >= 4 is 39.8 Å². The van der Waals surface area contributed by atoms with Gasteiger partial charge in [-0.2, -0.15) is 0 Å². The molecule has 0 radical (unpaired) electrons. The minimum Gasteiger partial charge on any atom is -0.376 e. The van der Waals surface area contributed by atoms with E-state index in [1.807, 2.05) is 0 Å². The fourth-order valence-electron chi connectivity index (χ4n) is 5.25. The number of hydrogen-bond donors (Lipinski definition) is 1. The van der Waals surface area contributed by atoms with Gasteiger partial charge in [-0.15, -0.1) is 24.0 Å². The average molecular weight is 525 g/mol. The second-order valence-corrected chi connectivity index (χ2v) is 11.2. The van der Waals surface area contributed by atoms with Crippen LogP contribution in [0.1, 0.15) is 51.4 Å². The molecule has 0 bridgehead atoms. The van der Waals surface area contributed by atoms with E-state index in [9.17, 15) is 8.42 Å². The van der Waals surface area contributed by atoms with Crippen LogP contribution in [0, 0.1) is 17.8 Å². The third-order valence-corrected chi connectivity index (χ3v) is 8.70. The highest BCUT2D eigenvalue weighted by Gasteiger charge is 2.36. The molecule has 1 saturated carbocycles. The van der Waals surface area contributed by atoms with Crippen LogP contribution in [-0.4, -0.2) is 69.7 Å². The number of rotatable bonds is 4. The summed E-state index contributed by atoms with van der Waals surface area (Å²) >= 11 is 0. The molecule has 28 heavy (non-hydrogen) atoms. The second kappa shape index (κ2) is 10.3. The first-order valence-corrected chi connectivity index (χ1v) is 12.8. The van der Waals surface area contributed by atoms with E-state index in [4.69, 9.17) is 9.73 Å². The summed E-state index contributed by atoms with van der Waals surface area (Å²) in [5, 5.41) is 3.59. The van der Waals surface area contributed by atoms with Gasteiger partial charge in [-0.3, -0.25) is 4.99 Å². The van der Waals surface area contributed by atoms with Gasteiger partial charge in [0.05, 0.1) is 17.6 Å². The normalized spacial score (nSPS) is 35.3. The minimum absolute atomic E-state index is 0. The molecular formula is C20H36IN3O3S. The summed E-state index contributed by atoms with van der Waals surface area (Å²) in [6, 6.07) is 0. The summed E-state index contributed by atoms with van der Waals surface area (Å²) in [5.74, 6) is 3.43. The molecule has 0 spiro atoms. The van der Waals surface area contributed by atoms with Crippen molar-refractivity contribution in [1.82, 2.24) is 10.2 Å². The molecule has 162 valence electrons. The lowest BCUT2D eigenvalue weighted by Crippen LogP contribution is -2.44. The molecule has 4 unspecified atom stereocenters. The Morgan fingerprint density at radius 2 is 1.75 bits per heavy atom. The van der Waals surface area contributed by atoms with Crippen molar-refractivity contribution in [2.45, 2.75) is 57.5 Å². The summed E-state index contributed by atoms with van der Waals surface area (Å²) in [6.45, 7) is 4.51. The van der Waals surface area contributed by atoms with Crippen LogP contribution in [0.4, 0.5) is 0 Å². The van der Waals surface area contributed by atoms with Gasteiger partial charge in [-0.25, -0.2) is 8.42 Å². The molecule has 4 atom stereocenters. The monoisotopic (exact) mass is 525 g/mol. The largest absolute Gasteiger partial charge is 0.376 e. The van der Waals surface area contributed by atoms with Gasteiger partial charge < -0.3 is 15.0 Å². The van der Waals surface area contributed by atoms with E-state index in [1.165, 1.54) is 38.5 Å². The lowest BCUT2D eigenvalue weighted by Gasteiger charge is -2.27. The molecule has 0 aromatic carbocycles. The fourth-order valence-corrected chi connectivity index (χ4v) is 7.10. The molecule has 4 rings (SSSR count). The Kier molecular flexibility index (Phi) is 8.30. The third kappa shape index (κ3) is 5.97. The number of aliphatic imine (C=N–C) groups is 1. The molecule has 1 N–H and O–H groups in total. The number of guanidine groups is 1. The maximum atomic E-state index is 11.8. The highest BCUT2D eigenvalue weighted by Crippen LogP contribution is 2.36. The number of nitrogens with one attached hydrogen (secondary N) is 1. The van der Waals surface area contributed by atoms with E-state index in [1.54, 1.807) is 0 Å². The van der Waals surface area contributed by atoms with E-state index < -0.39 is 9.84 Å². The Balaban J connectivity index is 0.00000225. The van der Waals surface area contributed by atoms with Gasteiger partial charge >= 0.3 is 0 Å². The first-order valence-electron chi connectivity index (χ1n) is 10.9. The Bertz CT molecular complexity index is 623. The molecular weight excluding hydrogens is 489 g/mol. The van der Waals surface area contributed by atoms with Crippen molar-refractivity contribution in [1.29, 1.82) is 0 Å². The maximum absolute atomic E-state index is 11.8. The second-order valence-electron chi connectivity index (χ2n) is 9.01. The summed E-state index contributed by atoms with van der Waals surface area (Å²) in [7, 11) is -2.83. The van der Waals surface area contributed by atoms with Crippen molar-refractivity contribution in [3.05, 3.63) is 0 Å². The van der Waals surface area contributed by atoms with Gasteiger partial charge in [0.2, 0.25) is 0 Å². The van der Waals surface area contributed by atoms with Crippen LogP contribution in [-0.2, 0) is 14.6 Å². The number of ether oxygens (including phenoxy) is 1. The van der Waals surface area contributed by atoms with Crippen molar-refractivity contribution in [2.75, 3.05) is 44.3 Å². The standard InChI is InChI=1S/C20H35N3O3S.HI/c24-27(25)10-8-16(15-27)11-21-20(22-12-19-7-3-4-9-26-19)23-13-17-5-1-2-6-18(17)14-23;/h16-19H,1-15H2,(H,21,22);1H. The molecule has 3 heterocycles. The predicted molar refractivity (Wildman–Crippen MR) is 123 cm³/mol. The SMILES string of the molecule is I.O=S1(=O)CCC(CN=C(NCC2CCCCO2)N2CC3CCCCC3C2)C1. The van der Waals surface area contributed by atoms with Gasteiger partial charge in [0.15, 0.2) is 15.8 Å². The highest BCUT2D eigenvalue weighted by atomic mass is 127. The summed E-state index contributed by atoms with van der Waals surface area (Å²) in [6.07, 6.45) is 10.00. The summed E-state index contributed by atoms with van der Waals surface area (Å²) in [5.41, 5.74) is 0. The van der Waals surface area contributed by atoms with E-state index in [0.29, 0.717) is 18.1 Å². The smallest absolute Gasteiger partial charge is 0.194 e. The van der Waals surface area contributed by atoms with Crippen LogP contribution in [0.5, 0.6) is 0 Å².